The minimum atomic E-state index is 0.433. The van der Waals surface area contributed by atoms with Gasteiger partial charge in [-0.15, -0.1) is 0 Å². The fourth-order valence-corrected chi connectivity index (χ4v) is 1.96. The van der Waals surface area contributed by atoms with Crippen LogP contribution in [0.3, 0.4) is 0 Å². The first-order chi connectivity index (χ1) is 5.79. The molecular formula is C10H22OS. The summed E-state index contributed by atoms with van der Waals surface area (Å²) < 4.78 is 5.68. The maximum absolute atomic E-state index is 5.68. The van der Waals surface area contributed by atoms with E-state index in [-0.39, 0.29) is 0 Å². The Hall–Kier alpha value is 0.310. The summed E-state index contributed by atoms with van der Waals surface area (Å²) in [5, 5.41) is 0. The Morgan fingerprint density at radius 1 is 1.25 bits per heavy atom. The first-order valence-electron chi connectivity index (χ1n) is 5.02. The summed E-state index contributed by atoms with van der Waals surface area (Å²) in [5.74, 6) is 1.58. The lowest BCUT2D eigenvalue weighted by Gasteiger charge is -2.24. The third-order valence-corrected chi connectivity index (χ3v) is 2.71. The summed E-state index contributed by atoms with van der Waals surface area (Å²) >= 11 is 4.34. The average molecular weight is 190 g/mol. The smallest absolute Gasteiger partial charge is 0.0610 e. The quantitative estimate of drug-likeness (QED) is 0.607. The molecule has 0 bridgehead atoms. The molecule has 0 aliphatic rings. The van der Waals surface area contributed by atoms with Crippen molar-refractivity contribution in [1.29, 1.82) is 0 Å². The Morgan fingerprint density at radius 3 is 2.25 bits per heavy atom. The van der Waals surface area contributed by atoms with Gasteiger partial charge in [0.2, 0.25) is 0 Å². The molecule has 0 aliphatic heterocycles. The third-order valence-electron chi connectivity index (χ3n) is 2.24. The van der Waals surface area contributed by atoms with Crippen LogP contribution >= 0.6 is 12.6 Å². The van der Waals surface area contributed by atoms with Crippen LogP contribution in [-0.4, -0.2) is 18.5 Å². The normalized spacial score (nSPS) is 16.0. The van der Waals surface area contributed by atoms with Crippen LogP contribution in [0.4, 0.5) is 0 Å². The fourth-order valence-electron chi connectivity index (χ4n) is 1.46. The average Bonchev–Trinajstić information content (AvgIpc) is 2.07. The maximum Gasteiger partial charge on any atom is 0.0610 e. The Labute approximate surface area is 82.3 Å². The van der Waals surface area contributed by atoms with Gasteiger partial charge in [0, 0.05) is 6.61 Å². The van der Waals surface area contributed by atoms with Gasteiger partial charge in [0.15, 0.2) is 0 Å². The van der Waals surface area contributed by atoms with E-state index in [1.165, 1.54) is 19.3 Å². The standard InChI is InChI=1S/C10H22OS/c1-4-7-10(11-6-3)9(5-2)8-12/h9-10,12H,4-8H2,1-3H3. The van der Waals surface area contributed by atoms with Crippen LogP contribution in [-0.2, 0) is 4.74 Å². The first kappa shape index (κ1) is 12.3. The van der Waals surface area contributed by atoms with Gasteiger partial charge in [0.05, 0.1) is 6.10 Å². The van der Waals surface area contributed by atoms with Crippen LogP contribution in [0.1, 0.15) is 40.0 Å². The number of thiol groups is 1. The van der Waals surface area contributed by atoms with E-state index in [4.69, 9.17) is 4.74 Å². The Bertz CT molecular complexity index is 85.8. The minimum absolute atomic E-state index is 0.433. The highest BCUT2D eigenvalue weighted by Crippen LogP contribution is 2.18. The van der Waals surface area contributed by atoms with E-state index in [0.29, 0.717) is 12.0 Å². The molecule has 0 aromatic heterocycles. The van der Waals surface area contributed by atoms with E-state index < -0.39 is 0 Å². The molecule has 0 aromatic rings. The van der Waals surface area contributed by atoms with Crippen molar-refractivity contribution in [1.82, 2.24) is 0 Å². The second-order valence-electron chi connectivity index (χ2n) is 3.13. The number of hydrogen-bond acceptors (Lipinski definition) is 2. The van der Waals surface area contributed by atoms with Crippen molar-refractivity contribution < 1.29 is 4.74 Å². The van der Waals surface area contributed by atoms with Crippen LogP contribution in [0.2, 0.25) is 0 Å². The molecule has 0 N–H and O–H groups in total. The Balaban J connectivity index is 3.86. The monoisotopic (exact) mass is 190 g/mol. The molecule has 0 amide bonds. The van der Waals surface area contributed by atoms with Gasteiger partial charge in [0.1, 0.15) is 0 Å². The SMILES string of the molecule is CCCC(OCC)C(CC)CS. The van der Waals surface area contributed by atoms with Crippen molar-refractivity contribution in [2.45, 2.75) is 46.1 Å². The lowest BCUT2D eigenvalue weighted by atomic mass is 9.98. The van der Waals surface area contributed by atoms with Gasteiger partial charge in [-0.2, -0.15) is 12.6 Å². The number of hydrogen-bond donors (Lipinski definition) is 1. The van der Waals surface area contributed by atoms with Crippen molar-refractivity contribution in [2.24, 2.45) is 5.92 Å². The van der Waals surface area contributed by atoms with Gasteiger partial charge in [-0.25, -0.2) is 0 Å². The van der Waals surface area contributed by atoms with Crippen molar-refractivity contribution in [3.05, 3.63) is 0 Å². The molecule has 1 nitrogen and oxygen atoms in total. The largest absolute Gasteiger partial charge is 0.378 e. The van der Waals surface area contributed by atoms with E-state index in [1.807, 2.05) is 0 Å². The van der Waals surface area contributed by atoms with E-state index in [2.05, 4.69) is 33.4 Å². The van der Waals surface area contributed by atoms with Crippen LogP contribution < -0.4 is 0 Å². The highest BCUT2D eigenvalue weighted by Gasteiger charge is 2.17. The molecule has 74 valence electrons. The van der Waals surface area contributed by atoms with Gasteiger partial charge < -0.3 is 4.74 Å². The molecule has 2 atom stereocenters. The predicted octanol–water partition coefficient (Wildman–Crippen LogP) is 3.15. The molecule has 0 aliphatic carbocycles. The zero-order chi connectivity index (χ0) is 9.40. The molecule has 0 saturated carbocycles. The minimum Gasteiger partial charge on any atom is -0.378 e. The van der Waals surface area contributed by atoms with Crippen molar-refractivity contribution in [3.8, 4) is 0 Å². The summed E-state index contributed by atoms with van der Waals surface area (Å²) in [4.78, 5) is 0. The van der Waals surface area contributed by atoms with Gasteiger partial charge >= 0.3 is 0 Å². The van der Waals surface area contributed by atoms with Crippen LogP contribution in [0.15, 0.2) is 0 Å². The Morgan fingerprint density at radius 2 is 1.92 bits per heavy atom. The molecule has 0 heterocycles. The van der Waals surface area contributed by atoms with Crippen LogP contribution in [0.5, 0.6) is 0 Å². The molecule has 0 saturated heterocycles. The molecule has 0 aromatic carbocycles. The Kier molecular flexibility index (Phi) is 8.14. The van der Waals surface area contributed by atoms with Crippen LogP contribution in [0.25, 0.3) is 0 Å². The molecule has 0 rings (SSSR count). The van der Waals surface area contributed by atoms with Crippen molar-refractivity contribution >= 4 is 12.6 Å². The topological polar surface area (TPSA) is 9.23 Å². The van der Waals surface area contributed by atoms with E-state index >= 15 is 0 Å². The van der Waals surface area contributed by atoms with Crippen molar-refractivity contribution in [3.63, 3.8) is 0 Å². The second-order valence-corrected chi connectivity index (χ2v) is 3.50. The second kappa shape index (κ2) is 7.93. The van der Waals surface area contributed by atoms with E-state index in [9.17, 15) is 0 Å². The first-order valence-corrected chi connectivity index (χ1v) is 5.65. The zero-order valence-corrected chi connectivity index (χ0v) is 9.44. The summed E-state index contributed by atoms with van der Waals surface area (Å²) in [6.07, 6.45) is 3.98. The molecule has 0 fully saturated rings. The van der Waals surface area contributed by atoms with E-state index in [0.717, 1.165) is 12.4 Å². The maximum atomic E-state index is 5.68. The van der Waals surface area contributed by atoms with Gasteiger partial charge in [-0.3, -0.25) is 0 Å². The fraction of sp³-hybridized carbons (Fsp3) is 1.00. The molecule has 0 spiro atoms. The predicted molar refractivity (Wildman–Crippen MR) is 58.0 cm³/mol. The third kappa shape index (κ3) is 4.36. The van der Waals surface area contributed by atoms with Crippen molar-refractivity contribution in [2.75, 3.05) is 12.4 Å². The summed E-state index contributed by atoms with van der Waals surface area (Å²) in [7, 11) is 0. The summed E-state index contributed by atoms with van der Waals surface area (Å²) in [5.41, 5.74) is 0. The highest BCUT2D eigenvalue weighted by molar-refractivity contribution is 7.80. The molecule has 2 unspecified atom stereocenters. The van der Waals surface area contributed by atoms with Gasteiger partial charge in [0.25, 0.3) is 0 Å². The van der Waals surface area contributed by atoms with E-state index in [1.54, 1.807) is 0 Å². The lowest BCUT2D eigenvalue weighted by Crippen LogP contribution is -2.24. The molecule has 2 heteroatoms. The molecule has 0 radical (unpaired) electrons. The van der Waals surface area contributed by atoms with Gasteiger partial charge in [-0.05, 0) is 25.0 Å². The summed E-state index contributed by atoms with van der Waals surface area (Å²) in [6.45, 7) is 7.31. The number of ether oxygens (including phenoxy) is 1. The van der Waals surface area contributed by atoms with Gasteiger partial charge in [-0.1, -0.05) is 26.7 Å². The number of rotatable bonds is 7. The zero-order valence-electron chi connectivity index (χ0n) is 8.55. The lowest BCUT2D eigenvalue weighted by molar-refractivity contribution is 0.0195. The molecular weight excluding hydrogens is 168 g/mol. The highest BCUT2D eigenvalue weighted by atomic mass is 32.1. The van der Waals surface area contributed by atoms with Crippen LogP contribution in [0, 0.1) is 5.92 Å². The summed E-state index contributed by atoms with van der Waals surface area (Å²) in [6, 6.07) is 0. The molecule has 12 heavy (non-hydrogen) atoms.